The SMILES string of the molecule is Cc1ccc(Nc2ccccc2[N+](=O)[O-])cc1S(N)(=O)=O. The molecule has 0 bridgehead atoms. The van der Waals surface area contributed by atoms with Gasteiger partial charge < -0.3 is 5.32 Å². The molecule has 0 spiro atoms. The lowest BCUT2D eigenvalue weighted by Crippen LogP contribution is -2.13. The maximum Gasteiger partial charge on any atom is 0.292 e. The molecule has 0 aliphatic heterocycles. The third-order valence-corrected chi connectivity index (χ3v) is 3.93. The number of primary sulfonamides is 1. The number of nitro groups is 1. The van der Waals surface area contributed by atoms with E-state index in [0.29, 0.717) is 11.3 Å². The van der Waals surface area contributed by atoms with Crippen molar-refractivity contribution in [2.75, 3.05) is 5.32 Å². The second-order valence-corrected chi connectivity index (χ2v) is 5.95. The molecule has 0 aliphatic rings. The number of aryl methyl sites for hydroxylation is 1. The van der Waals surface area contributed by atoms with E-state index < -0.39 is 14.9 Å². The van der Waals surface area contributed by atoms with Crippen LogP contribution in [0.1, 0.15) is 5.56 Å². The first-order valence-electron chi connectivity index (χ1n) is 5.93. The average Bonchev–Trinajstić information content (AvgIpc) is 2.40. The summed E-state index contributed by atoms with van der Waals surface area (Å²) in [5.74, 6) is 0. The van der Waals surface area contributed by atoms with Crippen molar-refractivity contribution in [2.45, 2.75) is 11.8 Å². The highest BCUT2D eigenvalue weighted by molar-refractivity contribution is 7.89. The highest BCUT2D eigenvalue weighted by atomic mass is 32.2. The predicted octanol–water partition coefficient (Wildman–Crippen LogP) is 2.29. The van der Waals surface area contributed by atoms with Gasteiger partial charge in [-0.3, -0.25) is 10.1 Å². The Hall–Kier alpha value is -2.45. The van der Waals surface area contributed by atoms with Crippen molar-refractivity contribution in [1.29, 1.82) is 0 Å². The first-order valence-corrected chi connectivity index (χ1v) is 7.47. The molecule has 0 saturated heterocycles. The summed E-state index contributed by atoms with van der Waals surface area (Å²) in [5.41, 5.74) is 1.08. The lowest BCUT2D eigenvalue weighted by Gasteiger charge is -2.10. The van der Waals surface area contributed by atoms with E-state index in [0.717, 1.165) is 0 Å². The quantitative estimate of drug-likeness (QED) is 0.664. The minimum Gasteiger partial charge on any atom is -0.350 e. The number of para-hydroxylation sites is 2. The van der Waals surface area contributed by atoms with Crippen molar-refractivity contribution in [1.82, 2.24) is 0 Å². The Morgan fingerprint density at radius 3 is 2.48 bits per heavy atom. The summed E-state index contributed by atoms with van der Waals surface area (Å²) in [6.07, 6.45) is 0. The topological polar surface area (TPSA) is 115 Å². The molecule has 110 valence electrons. The Balaban J connectivity index is 2.44. The van der Waals surface area contributed by atoms with Crippen molar-refractivity contribution in [3.8, 4) is 0 Å². The van der Waals surface area contributed by atoms with Crippen LogP contribution in [-0.2, 0) is 10.0 Å². The second-order valence-electron chi connectivity index (χ2n) is 4.42. The molecule has 2 rings (SSSR count). The minimum absolute atomic E-state index is 0.0221. The van der Waals surface area contributed by atoms with Gasteiger partial charge in [0.25, 0.3) is 5.69 Å². The summed E-state index contributed by atoms with van der Waals surface area (Å²) in [7, 11) is -3.85. The second kappa shape index (κ2) is 5.51. The van der Waals surface area contributed by atoms with Crippen LogP contribution in [0.3, 0.4) is 0 Å². The largest absolute Gasteiger partial charge is 0.350 e. The van der Waals surface area contributed by atoms with E-state index in [2.05, 4.69) is 5.32 Å². The number of hydrogen-bond acceptors (Lipinski definition) is 5. The summed E-state index contributed by atoms with van der Waals surface area (Å²) in [4.78, 5) is 10.4. The van der Waals surface area contributed by atoms with E-state index in [-0.39, 0.29) is 16.3 Å². The van der Waals surface area contributed by atoms with Gasteiger partial charge in [-0.25, -0.2) is 13.6 Å². The van der Waals surface area contributed by atoms with Crippen molar-refractivity contribution in [3.05, 3.63) is 58.1 Å². The van der Waals surface area contributed by atoms with Gasteiger partial charge in [0.1, 0.15) is 5.69 Å². The molecule has 2 aromatic rings. The van der Waals surface area contributed by atoms with Gasteiger partial charge in [-0.05, 0) is 30.7 Å². The summed E-state index contributed by atoms with van der Waals surface area (Å²) in [5, 5.41) is 18.9. The van der Waals surface area contributed by atoms with E-state index in [9.17, 15) is 18.5 Å². The monoisotopic (exact) mass is 307 g/mol. The standard InChI is InChI=1S/C13H13N3O4S/c1-9-6-7-10(8-13(9)21(14,19)20)15-11-4-2-3-5-12(11)16(17)18/h2-8,15H,1H3,(H2,14,19,20). The van der Waals surface area contributed by atoms with Crippen molar-refractivity contribution >= 4 is 27.1 Å². The zero-order chi connectivity index (χ0) is 15.6. The Morgan fingerprint density at radius 1 is 1.19 bits per heavy atom. The first-order chi connectivity index (χ1) is 9.79. The Labute approximate surface area is 121 Å². The van der Waals surface area contributed by atoms with Crippen LogP contribution in [0.2, 0.25) is 0 Å². The van der Waals surface area contributed by atoms with Gasteiger partial charge in [-0.2, -0.15) is 0 Å². The Kier molecular flexibility index (Phi) is 3.92. The number of nitrogens with two attached hydrogens (primary N) is 1. The number of sulfonamides is 1. The molecular formula is C13H13N3O4S. The lowest BCUT2D eigenvalue weighted by atomic mass is 10.2. The smallest absolute Gasteiger partial charge is 0.292 e. The van der Waals surface area contributed by atoms with Crippen LogP contribution in [0.4, 0.5) is 17.1 Å². The predicted molar refractivity (Wildman–Crippen MR) is 78.9 cm³/mol. The first kappa shape index (κ1) is 14.9. The van der Waals surface area contributed by atoms with E-state index in [1.54, 1.807) is 31.2 Å². The molecule has 0 atom stereocenters. The summed E-state index contributed by atoms with van der Waals surface area (Å²) in [6.45, 7) is 1.62. The molecule has 3 N–H and O–H groups in total. The van der Waals surface area contributed by atoms with Crippen LogP contribution in [0.25, 0.3) is 0 Å². The van der Waals surface area contributed by atoms with E-state index in [4.69, 9.17) is 5.14 Å². The molecular weight excluding hydrogens is 294 g/mol. The molecule has 8 heteroatoms. The molecule has 0 amide bonds. The average molecular weight is 307 g/mol. The molecule has 0 saturated carbocycles. The normalized spacial score (nSPS) is 11.1. The fourth-order valence-electron chi connectivity index (χ4n) is 1.88. The summed E-state index contributed by atoms with van der Waals surface area (Å²) < 4.78 is 23.0. The van der Waals surface area contributed by atoms with Crippen LogP contribution in [-0.4, -0.2) is 13.3 Å². The number of rotatable bonds is 4. The van der Waals surface area contributed by atoms with E-state index in [1.165, 1.54) is 18.2 Å². The fraction of sp³-hybridized carbons (Fsp3) is 0.0769. The maximum absolute atomic E-state index is 11.5. The highest BCUT2D eigenvalue weighted by Gasteiger charge is 2.15. The van der Waals surface area contributed by atoms with Gasteiger partial charge in [0.05, 0.1) is 9.82 Å². The number of hydrogen-bond donors (Lipinski definition) is 2. The number of nitro benzene ring substituents is 1. The van der Waals surface area contributed by atoms with Crippen LogP contribution in [0.15, 0.2) is 47.4 Å². The lowest BCUT2D eigenvalue weighted by molar-refractivity contribution is -0.383. The Morgan fingerprint density at radius 2 is 1.86 bits per heavy atom. The zero-order valence-corrected chi connectivity index (χ0v) is 11.9. The number of anilines is 2. The third-order valence-electron chi connectivity index (χ3n) is 2.87. The van der Waals surface area contributed by atoms with Crippen molar-refractivity contribution in [3.63, 3.8) is 0 Å². The summed E-state index contributed by atoms with van der Waals surface area (Å²) in [6, 6.07) is 10.6. The molecule has 7 nitrogen and oxygen atoms in total. The van der Waals surface area contributed by atoms with Crippen LogP contribution in [0.5, 0.6) is 0 Å². The fourth-order valence-corrected chi connectivity index (χ4v) is 2.69. The van der Waals surface area contributed by atoms with E-state index >= 15 is 0 Å². The number of nitrogens with zero attached hydrogens (tertiary/aromatic N) is 1. The molecule has 0 aliphatic carbocycles. The highest BCUT2D eigenvalue weighted by Crippen LogP contribution is 2.28. The number of nitrogens with one attached hydrogen (secondary N) is 1. The summed E-state index contributed by atoms with van der Waals surface area (Å²) >= 11 is 0. The van der Waals surface area contributed by atoms with Crippen LogP contribution >= 0.6 is 0 Å². The van der Waals surface area contributed by atoms with Crippen LogP contribution in [0, 0.1) is 17.0 Å². The molecule has 21 heavy (non-hydrogen) atoms. The van der Waals surface area contributed by atoms with Crippen molar-refractivity contribution in [2.24, 2.45) is 5.14 Å². The van der Waals surface area contributed by atoms with Gasteiger partial charge in [0.15, 0.2) is 0 Å². The maximum atomic E-state index is 11.5. The van der Waals surface area contributed by atoms with Gasteiger partial charge in [0.2, 0.25) is 10.0 Å². The molecule has 0 heterocycles. The van der Waals surface area contributed by atoms with Gasteiger partial charge in [0, 0.05) is 11.8 Å². The molecule has 0 unspecified atom stereocenters. The minimum atomic E-state index is -3.85. The third kappa shape index (κ3) is 3.36. The molecule has 2 aromatic carbocycles. The molecule has 0 aromatic heterocycles. The van der Waals surface area contributed by atoms with Gasteiger partial charge in [-0.1, -0.05) is 18.2 Å². The van der Waals surface area contributed by atoms with E-state index in [1.807, 2.05) is 0 Å². The Bertz CT molecular complexity index is 803. The molecule has 0 radical (unpaired) electrons. The number of benzene rings is 2. The van der Waals surface area contributed by atoms with Gasteiger partial charge >= 0.3 is 0 Å². The zero-order valence-electron chi connectivity index (χ0n) is 11.1. The van der Waals surface area contributed by atoms with Crippen molar-refractivity contribution < 1.29 is 13.3 Å². The van der Waals surface area contributed by atoms with Crippen LogP contribution < -0.4 is 10.5 Å². The van der Waals surface area contributed by atoms with Gasteiger partial charge in [-0.15, -0.1) is 0 Å². The molecule has 0 fully saturated rings.